The average molecular weight is 288 g/mol. The molecule has 0 aliphatic rings. The number of hydrogen-bond donors (Lipinski definition) is 2. The fourth-order valence-electron chi connectivity index (χ4n) is 1.99. The molecule has 112 valence electrons. The summed E-state index contributed by atoms with van der Waals surface area (Å²) in [7, 11) is 1.66. The molecule has 0 fully saturated rings. The number of nitrogens with two attached hydrogens (primary N) is 1. The molecule has 0 amide bonds. The first-order chi connectivity index (χ1) is 10.1. The smallest absolute Gasteiger partial charge is 0.193 e. The van der Waals surface area contributed by atoms with E-state index in [0.29, 0.717) is 19.1 Å². The highest BCUT2D eigenvalue weighted by atomic mass is 16.5. The van der Waals surface area contributed by atoms with E-state index in [1.54, 1.807) is 7.11 Å². The number of rotatable bonds is 5. The second kappa shape index (κ2) is 6.90. The van der Waals surface area contributed by atoms with Gasteiger partial charge in [0.05, 0.1) is 18.8 Å². The van der Waals surface area contributed by atoms with Crippen LogP contribution in [0.15, 0.2) is 33.8 Å². The van der Waals surface area contributed by atoms with Crippen molar-refractivity contribution >= 4 is 11.6 Å². The number of methoxy groups -OCH3 is 1. The molecular weight excluding hydrogens is 268 g/mol. The van der Waals surface area contributed by atoms with Crippen LogP contribution in [0.4, 0.5) is 5.69 Å². The minimum absolute atomic E-state index is 0.346. The van der Waals surface area contributed by atoms with Gasteiger partial charge in [0.25, 0.3) is 0 Å². The highest BCUT2D eigenvalue weighted by molar-refractivity contribution is 5.92. The van der Waals surface area contributed by atoms with E-state index in [1.807, 2.05) is 38.1 Å². The van der Waals surface area contributed by atoms with Gasteiger partial charge in [0.2, 0.25) is 0 Å². The van der Waals surface area contributed by atoms with Crippen LogP contribution >= 0.6 is 0 Å². The molecule has 3 N–H and O–H groups in total. The largest absolute Gasteiger partial charge is 0.380 e. The molecule has 0 saturated carbocycles. The first-order valence-electron chi connectivity index (χ1n) is 6.67. The Hall–Kier alpha value is -2.34. The van der Waals surface area contributed by atoms with Crippen LogP contribution in [0.1, 0.15) is 22.6 Å². The van der Waals surface area contributed by atoms with Gasteiger partial charge < -0.3 is 20.3 Å². The molecule has 1 aromatic carbocycles. The molecule has 21 heavy (non-hydrogen) atoms. The number of aromatic nitrogens is 1. The van der Waals surface area contributed by atoms with Crippen molar-refractivity contribution in [2.45, 2.75) is 27.0 Å². The Morgan fingerprint density at radius 3 is 2.81 bits per heavy atom. The second-order valence-electron chi connectivity index (χ2n) is 4.72. The van der Waals surface area contributed by atoms with E-state index in [-0.39, 0.29) is 0 Å². The Bertz CT molecular complexity index is 615. The SMILES string of the molecule is COCc1ccccc1NC(N)=NCc1c(C)noc1C. The molecule has 0 aliphatic heterocycles. The van der Waals surface area contributed by atoms with E-state index in [1.165, 1.54) is 0 Å². The summed E-state index contributed by atoms with van der Waals surface area (Å²) in [6.07, 6.45) is 0. The van der Waals surface area contributed by atoms with Crippen molar-refractivity contribution in [1.82, 2.24) is 5.16 Å². The van der Waals surface area contributed by atoms with Crippen LogP contribution in [0.5, 0.6) is 0 Å². The van der Waals surface area contributed by atoms with Crippen LogP contribution in [0.3, 0.4) is 0 Å². The summed E-state index contributed by atoms with van der Waals surface area (Å²) in [4.78, 5) is 4.33. The Morgan fingerprint density at radius 2 is 2.14 bits per heavy atom. The van der Waals surface area contributed by atoms with E-state index in [9.17, 15) is 0 Å². The number of para-hydroxylation sites is 1. The van der Waals surface area contributed by atoms with Gasteiger partial charge in [-0.3, -0.25) is 0 Å². The summed E-state index contributed by atoms with van der Waals surface area (Å²) >= 11 is 0. The van der Waals surface area contributed by atoms with Crippen molar-refractivity contribution in [3.05, 3.63) is 46.8 Å². The van der Waals surface area contributed by atoms with Gasteiger partial charge in [0.1, 0.15) is 5.76 Å². The van der Waals surface area contributed by atoms with Crippen LogP contribution in [0.25, 0.3) is 0 Å². The zero-order chi connectivity index (χ0) is 15.2. The third-order valence-corrected chi connectivity index (χ3v) is 3.17. The van der Waals surface area contributed by atoms with Gasteiger partial charge in [-0.1, -0.05) is 23.4 Å². The van der Waals surface area contributed by atoms with Crippen molar-refractivity contribution < 1.29 is 9.26 Å². The lowest BCUT2D eigenvalue weighted by molar-refractivity contribution is 0.185. The second-order valence-corrected chi connectivity index (χ2v) is 4.72. The van der Waals surface area contributed by atoms with E-state index in [0.717, 1.165) is 28.3 Å². The topological polar surface area (TPSA) is 85.7 Å². The van der Waals surface area contributed by atoms with Gasteiger partial charge in [0, 0.05) is 23.9 Å². The van der Waals surface area contributed by atoms with E-state index < -0.39 is 0 Å². The molecule has 0 unspecified atom stereocenters. The zero-order valence-electron chi connectivity index (χ0n) is 12.5. The Balaban J connectivity index is 2.07. The standard InChI is InChI=1S/C15H20N4O2/c1-10-13(11(2)21-19-10)8-17-15(16)18-14-7-5-4-6-12(14)9-20-3/h4-7H,8-9H2,1-3H3,(H3,16,17,18). The monoisotopic (exact) mass is 288 g/mol. The third-order valence-electron chi connectivity index (χ3n) is 3.17. The van der Waals surface area contributed by atoms with Crippen LogP contribution in [0, 0.1) is 13.8 Å². The summed E-state index contributed by atoms with van der Waals surface area (Å²) in [5.41, 5.74) is 9.65. The van der Waals surface area contributed by atoms with Crippen molar-refractivity contribution in [3.8, 4) is 0 Å². The maximum Gasteiger partial charge on any atom is 0.193 e. The fourth-order valence-corrected chi connectivity index (χ4v) is 1.99. The zero-order valence-corrected chi connectivity index (χ0v) is 12.5. The van der Waals surface area contributed by atoms with Gasteiger partial charge >= 0.3 is 0 Å². The lowest BCUT2D eigenvalue weighted by Gasteiger charge is -2.10. The van der Waals surface area contributed by atoms with Gasteiger partial charge in [-0.2, -0.15) is 0 Å². The molecule has 6 nitrogen and oxygen atoms in total. The van der Waals surface area contributed by atoms with E-state index in [2.05, 4.69) is 15.5 Å². The number of guanidine groups is 1. The molecule has 1 aromatic heterocycles. The van der Waals surface area contributed by atoms with Crippen LogP contribution in [-0.2, 0) is 17.9 Å². The number of nitrogens with zero attached hydrogens (tertiary/aromatic N) is 2. The third kappa shape index (κ3) is 3.82. The van der Waals surface area contributed by atoms with Crippen LogP contribution in [-0.4, -0.2) is 18.2 Å². The number of aryl methyl sites for hydroxylation is 2. The molecule has 2 aromatic rings. The molecule has 2 rings (SSSR count). The molecule has 6 heteroatoms. The highest BCUT2D eigenvalue weighted by Gasteiger charge is 2.08. The van der Waals surface area contributed by atoms with Gasteiger partial charge in [-0.25, -0.2) is 4.99 Å². The summed E-state index contributed by atoms with van der Waals surface area (Å²) < 4.78 is 10.3. The number of hydrogen-bond acceptors (Lipinski definition) is 4. The molecule has 1 heterocycles. The van der Waals surface area contributed by atoms with Crippen molar-refractivity contribution in [2.24, 2.45) is 10.7 Å². The Morgan fingerprint density at radius 1 is 1.38 bits per heavy atom. The maximum absolute atomic E-state index is 5.93. The quantitative estimate of drug-likeness (QED) is 0.651. The maximum atomic E-state index is 5.93. The Kier molecular flexibility index (Phi) is 4.94. The molecular formula is C15H20N4O2. The normalized spacial score (nSPS) is 11.7. The first kappa shape index (κ1) is 15.1. The van der Waals surface area contributed by atoms with Crippen molar-refractivity contribution in [1.29, 1.82) is 0 Å². The summed E-state index contributed by atoms with van der Waals surface area (Å²) in [6, 6.07) is 7.81. The predicted molar refractivity (Wildman–Crippen MR) is 82.1 cm³/mol. The molecule has 0 atom stereocenters. The summed E-state index contributed by atoms with van der Waals surface area (Å²) in [5, 5.41) is 6.99. The Labute approximate surface area is 124 Å². The number of aliphatic imine (C=N–C) groups is 1. The lowest BCUT2D eigenvalue weighted by atomic mass is 10.2. The van der Waals surface area contributed by atoms with Crippen molar-refractivity contribution in [2.75, 3.05) is 12.4 Å². The number of anilines is 1. The molecule has 0 spiro atoms. The minimum atomic E-state index is 0.346. The van der Waals surface area contributed by atoms with E-state index >= 15 is 0 Å². The fraction of sp³-hybridized carbons (Fsp3) is 0.333. The average Bonchev–Trinajstić information content (AvgIpc) is 2.78. The highest BCUT2D eigenvalue weighted by Crippen LogP contribution is 2.16. The van der Waals surface area contributed by atoms with Gasteiger partial charge in [-0.05, 0) is 19.9 Å². The molecule has 0 bridgehead atoms. The minimum Gasteiger partial charge on any atom is -0.380 e. The summed E-state index contributed by atoms with van der Waals surface area (Å²) in [6.45, 7) is 4.70. The lowest BCUT2D eigenvalue weighted by Crippen LogP contribution is -2.23. The van der Waals surface area contributed by atoms with E-state index in [4.69, 9.17) is 15.0 Å². The van der Waals surface area contributed by atoms with Gasteiger partial charge in [0.15, 0.2) is 5.96 Å². The number of ether oxygens (including phenoxy) is 1. The molecule has 0 radical (unpaired) electrons. The summed E-state index contributed by atoms with van der Waals surface area (Å²) in [5.74, 6) is 1.11. The number of nitrogens with one attached hydrogen (secondary N) is 1. The molecule has 0 saturated heterocycles. The first-order valence-corrected chi connectivity index (χ1v) is 6.67. The van der Waals surface area contributed by atoms with Crippen molar-refractivity contribution in [3.63, 3.8) is 0 Å². The molecule has 0 aliphatic carbocycles. The van der Waals surface area contributed by atoms with Crippen LogP contribution in [0.2, 0.25) is 0 Å². The van der Waals surface area contributed by atoms with Gasteiger partial charge in [-0.15, -0.1) is 0 Å². The number of benzene rings is 1. The van der Waals surface area contributed by atoms with Crippen LogP contribution < -0.4 is 11.1 Å². The predicted octanol–water partition coefficient (Wildman–Crippen LogP) is 2.36.